The average molecular weight is 592 g/mol. The van der Waals surface area contributed by atoms with Crippen LogP contribution in [0.5, 0.6) is 0 Å². The van der Waals surface area contributed by atoms with Gasteiger partial charge in [0, 0.05) is 40.5 Å². The van der Waals surface area contributed by atoms with Gasteiger partial charge in [0.05, 0.1) is 0 Å². The maximum Gasteiger partial charge on any atom is 0.230 e. The fourth-order valence-corrected chi connectivity index (χ4v) is 4.94. The van der Waals surface area contributed by atoms with Crippen LogP contribution in [0, 0.1) is 17.3 Å². The fraction of sp³-hybridized carbons (Fsp3) is 0.441. The molecule has 3 atom stereocenters. The molecule has 0 spiro atoms. The monoisotopic (exact) mass is 591 g/mol. The topological polar surface area (TPSA) is 142 Å². The Labute approximate surface area is 254 Å². The third-order valence-corrected chi connectivity index (χ3v) is 7.54. The molecule has 0 radical (unpaired) electrons. The van der Waals surface area contributed by atoms with Crippen LogP contribution in [-0.4, -0.2) is 46.7 Å². The molecule has 4 N–H and O–H groups in total. The Hall–Kier alpha value is -4.11. The average Bonchev–Trinajstić information content (AvgIpc) is 2.95. The highest BCUT2D eigenvalue weighted by Crippen LogP contribution is 2.34. The Morgan fingerprint density at radius 1 is 0.930 bits per heavy atom. The number of aliphatic hydroxyl groups excluding tert-OH is 1. The van der Waals surface area contributed by atoms with Gasteiger partial charge in [0.1, 0.15) is 12.5 Å². The van der Waals surface area contributed by atoms with E-state index in [1.54, 1.807) is 58.0 Å². The third-order valence-electron chi connectivity index (χ3n) is 7.54. The van der Waals surface area contributed by atoms with Crippen LogP contribution >= 0.6 is 0 Å². The minimum absolute atomic E-state index is 0.0518. The Morgan fingerprint density at radius 2 is 1.56 bits per heavy atom. The molecule has 9 heteroatoms. The third kappa shape index (κ3) is 11.2. The number of carbonyl (C=O) groups is 5. The Balaban J connectivity index is 2.12. The maximum absolute atomic E-state index is 13.5. The van der Waals surface area contributed by atoms with Crippen molar-refractivity contribution in [1.29, 1.82) is 0 Å². The molecule has 0 aliphatic rings. The summed E-state index contributed by atoms with van der Waals surface area (Å²) >= 11 is 0. The second-order valence-electron chi connectivity index (χ2n) is 12.0. The van der Waals surface area contributed by atoms with Gasteiger partial charge in [-0.3, -0.25) is 24.0 Å². The molecule has 232 valence electrons. The van der Waals surface area contributed by atoms with Gasteiger partial charge in [0.25, 0.3) is 0 Å². The lowest BCUT2D eigenvalue weighted by atomic mass is 9.75. The minimum atomic E-state index is -0.978. The molecule has 3 unspecified atom stereocenters. The number of allylic oxidation sites excluding steroid dienone is 1. The summed E-state index contributed by atoms with van der Waals surface area (Å²) in [6, 6.07) is 16.1. The number of hydrogen-bond donors (Lipinski definition) is 4. The number of anilines is 1. The van der Waals surface area contributed by atoms with Crippen molar-refractivity contribution in [2.75, 3.05) is 12.0 Å². The zero-order valence-corrected chi connectivity index (χ0v) is 26.0. The van der Waals surface area contributed by atoms with Gasteiger partial charge in [-0.05, 0) is 75.9 Å². The second kappa shape index (κ2) is 15.9. The molecule has 2 aromatic rings. The molecule has 2 aromatic carbocycles. The van der Waals surface area contributed by atoms with E-state index < -0.39 is 35.4 Å². The van der Waals surface area contributed by atoms with E-state index in [-0.39, 0.29) is 42.6 Å². The lowest BCUT2D eigenvalue weighted by Crippen LogP contribution is -2.47. The molecule has 0 saturated carbocycles. The zero-order valence-electron chi connectivity index (χ0n) is 26.0. The second-order valence-corrected chi connectivity index (χ2v) is 12.0. The molecule has 0 bridgehead atoms. The summed E-state index contributed by atoms with van der Waals surface area (Å²) in [7, 11) is 0. The first-order valence-electron chi connectivity index (χ1n) is 14.6. The summed E-state index contributed by atoms with van der Waals surface area (Å²) in [6.45, 7) is 9.72. The van der Waals surface area contributed by atoms with E-state index in [4.69, 9.17) is 0 Å². The zero-order chi connectivity index (χ0) is 32.2. The maximum atomic E-state index is 13.5. The van der Waals surface area contributed by atoms with Gasteiger partial charge >= 0.3 is 0 Å². The minimum Gasteiger partial charge on any atom is -0.377 e. The molecule has 43 heavy (non-hydrogen) atoms. The van der Waals surface area contributed by atoms with Gasteiger partial charge in [-0.1, -0.05) is 57.2 Å². The molecule has 0 aliphatic carbocycles. The lowest BCUT2D eigenvalue weighted by Gasteiger charge is -2.32. The highest BCUT2D eigenvalue weighted by Gasteiger charge is 2.38. The summed E-state index contributed by atoms with van der Waals surface area (Å²) in [5.41, 5.74) is 0.175. The first kappa shape index (κ1) is 35.1. The van der Waals surface area contributed by atoms with E-state index in [0.717, 1.165) is 5.56 Å². The molecule has 0 fully saturated rings. The molecule has 2 rings (SSSR count). The normalized spacial score (nSPS) is 14.3. The van der Waals surface area contributed by atoms with Crippen LogP contribution < -0.4 is 16.0 Å². The van der Waals surface area contributed by atoms with Crippen LogP contribution in [0.2, 0.25) is 0 Å². The first-order chi connectivity index (χ1) is 20.2. The highest BCUT2D eigenvalue weighted by atomic mass is 16.3. The van der Waals surface area contributed by atoms with Crippen LogP contribution in [0.1, 0.15) is 83.1 Å². The molecule has 0 aliphatic heterocycles. The standard InChI is InChI=1S/C34H45N3O6/c1-7-34(6,21-27(31(42)35-22-38)19-23(2)30(41)37-33(4,5)20-24(3)39)32(43)36-28-16-14-26(15-17-28)29(40)18-13-25-11-9-8-10-12-25/h8-18,23,27,38H,7,19-22H2,1-6H3,(H,35,42)(H,36,43)(H,37,41)/b18-13+. The van der Waals surface area contributed by atoms with E-state index in [9.17, 15) is 29.1 Å². The van der Waals surface area contributed by atoms with Crippen molar-refractivity contribution in [3.05, 3.63) is 71.8 Å². The number of rotatable bonds is 16. The van der Waals surface area contributed by atoms with Crippen LogP contribution in [0.15, 0.2) is 60.7 Å². The Bertz CT molecular complexity index is 1300. The summed E-state index contributed by atoms with van der Waals surface area (Å²) in [6.07, 6.45) is 4.11. The molecule has 0 aromatic heterocycles. The summed E-state index contributed by atoms with van der Waals surface area (Å²) in [5.74, 6) is -2.61. The lowest BCUT2D eigenvalue weighted by molar-refractivity contribution is -0.132. The number of amides is 3. The van der Waals surface area contributed by atoms with Gasteiger partial charge in [0.15, 0.2) is 5.78 Å². The van der Waals surface area contributed by atoms with Crippen molar-refractivity contribution in [3.63, 3.8) is 0 Å². The first-order valence-corrected chi connectivity index (χ1v) is 14.6. The van der Waals surface area contributed by atoms with E-state index in [1.165, 1.54) is 13.0 Å². The largest absolute Gasteiger partial charge is 0.377 e. The van der Waals surface area contributed by atoms with E-state index >= 15 is 0 Å². The van der Waals surface area contributed by atoms with Crippen LogP contribution in [-0.2, 0) is 19.2 Å². The van der Waals surface area contributed by atoms with Gasteiger partial charge in [-0.25, -0.2) is 0 Å². The molecule has 0 heterocycles. The molecule has 0 saturated heterocycles. The smallest absolute Gasteiger partial charge is 0.230 e. The van der Waals surface area contributed by atoms with E-state index in [0.29, 0.717) is 17.7 Å². The van der Waals surface area contributed by atoms with Gasteiger partial charge in [-0.15, -0.1) is 0 Å². The fourth-order valence-electron chi connectivity index (χ4n) is 4.94. The van der Waals surface area contributed by atoms with Crippen molar-refractivity contribution in [1.82, 2.24) is 10.6 Å². The molecule has 9 nitrogen and oxygen atoms in total. The summed E-state index contributed by atoms with van der Waals surface area (Å²) in [4.78, 5) is 63.5. The number of carbonyl (C=O) groups excluding carboxylic acids is 5. The number of ketones is 2. The Morgan fingerprint density at radius 3 is 2.12 bits per heavy atom. The van der Waals surface area contributed by atoms with Crippen LogP contribution in [0.4, 0.5) is 5.69 Å². The molecular weight excluding hydrogens is 546 g/mol. The summed E-state index contributed by atoms with van der Waals surface area (Å²) < 4.78 is 0. The Kier molecular flexibility index (Phi) is 13.0. The number of nitrogens with one attached hydrogen (secondary N) is 3. The van der Waals surface area contributed by atoms with Crippen molar-refractivity contribution < 1.29 is 29.1 Å². The van der Waals surface area contributed by atoms with Crippen molar-refractivity contribution in [2.24, 2.45) is 17.3 Å². The SMILES string of the molecule is CCC(C)(CC(CC(C)C(=O)NC(C)(C)CC(C)=O)C(=O)NCO)C(=O)Nc1ccc(C(=O)/C=C/c2ccccc2)cc1. The van der Waals surface area contributed by atoms with E-state index in [2.05, 4.69) is 16.0 Å². The quantitative estimate of drug-likeness (QED) is 0.124. The predicted octanol–water partition coefficient (Wildman–Crippen LogP) is 4.91. The predicted molar refractivity (Wildman–Crippen MR) is 168 cm³/mol. The molecule has 3 amide bonds. The van der Waals surface area contributed by atoms with Crippen molar-refractivity contribution in [3.8, 4) is 0 Å². The number of Topliss-reactive ketones (excluding diaryl/α,β-unsaturated/α-hetero) is 1. The highest BCUT2D eigenvalue weighted by molar-refractivity contribution is 6.07. The number of aliphatic hydroxyl groups is 1. The van der Waals surface area contributed by atoms with Gasteiger partial charge in [0.2, 0.25) is 17.7 Å². The van der Waals surface area contributed by atoms with Crippen LogP contribution in [0.25, 0.3) is 6.08 Å². The molecular formula is C34H45N3O6. The van der Waals surface area contributed by atoms with Gasteiger partial charge in [-0.2, -0.15) is 0 Å². The van der Waals surface area contributed by atoms with Crippen molar-refractivity contribution in [2.45, 2.75) is 72.8 Å². The number of hydrogen-bond acceptors (Lipinski definition) is 6. The van der Waals surface area contributed by atoms with Crippen molar-refractivity contribution >= 4 is 41.1 Å². The van der Waals surface area contributed by atoms with Crippen LogP contribution in [0.3, 0.4) is 0 Å². The van der Waals surface area contributed by atoms with Gasteiger partial charge < -0.3 is 21.1 Å². The summed E-state index contributed by atoms with van der Waals surface area (Å²) in [5, 5.41) is 17.5. The van der Waals surface area contributed by atoms with E-state index in [1.807, 2.05) is 37.3 Å². The number of benzene rings is 2.